The van der Waals surface area contributed by atoms with Crippen LogP contribution in [-0.4, -0.2) is 27.6 Å². The average molecular weight is 359 g/mol. The van der Waals surface area contributed by atoms with E-state index < -0.39 is 23.3 Å². The number of pyridine rings is 1. The largest absolute Gasteiger partial charge is 0.493 e. The number of aromatic hydroxyl groups is 1. The van der Waals surface area contributed by atoms with E-state index in [4.69, 9.17) is 16.3 Å². The molecule has 0 aliphatic rings. The molecule has 0 amide bonds. The lowest BCUT2D eigenvalue weighted by Crippen LogP contribution is -2.24. The number of nitrogens with zero attached hydrogens (tertiary/aromatic N) is 2. The molecule has 128 valence electrons. The van der Waals surface area contributed by atoms with Gasteiger partial charge in [0.1, 0.15) is 5.65 Å². The molecule has 7 heteroatoms. The molecular weight excluding hydrogens is 344 g/mol. The van der Waals surface area contributed by atoms with Crippen LogP contribution in [0.4, 0.5) is 0 Å². The zero-order valence-corrected chi connectivity index (χ0v) is 14.1. The van der Waals surface area contributed by atoms with Gasteiger partial charge in [0.15, 0.2) is 0 Å². The van der Waals surface area contributed by atoms with Gasteiger partial charge in [0.2, 0.25) is 5.88 Å². The van der Waals surface area contributed by atoms with Crippen LogP contribution in [0.25, 0.3) is 5.65 Å². The standard InChI is InChI=1S/C18H15ClN2O4/c1-25-15(22)9-13(11-5-3-2-4-6-11)16-17(23)20-14-8-7-12(19)10-21(14)18(16)24/h2-8,10,13,23H,9H2,1H3/t13-/m1/s1. The van der Waals surface area contributed by atoms with E-state index >= 15 is 0 Å². The van der Waals surface area contributed by atoms with E-state index in [1.54, 1.807) is 30.3 Å². The van der Waals surface area contributed by atoms with Crippen molar-refractivity contribution in [1.29, 1.82) is 0 Å². The average Bonchev–Trinajstić information content (AvgIpc) is 2.62. The Bertz CT molecular complexity index is 986. The SMILES string of the molecule is COC(=O)C[C@H](c1ccccc1)c1c(O)nc2ccc(Cl)cn2c1=O. The van der Waals surface area contributed by atoms with E-state index in [-0.39, 0.29) is 17.6 Å². The summed E-state index contributed by atoms with van der Waals surface area (Å²) in [6.45, 7) is 0. The lowest BCUT2D eigenvalue weighted by Gasteiger charge is -2.17. The molecule has 0 saturated heterocycles. The van der Waals surface area contributed by atoms with Crippen molar-refractivity contribution >= 4 is 23.2 Å². The van der Waals surface area contributed by atoms with Gasteiger partial charge in [0.25, 0.3) is 5.56 Å². The highest BCUT2D eigenvalue weighted by Gasteiger charge is 2.26. The van der Waals surface area contributed by atoms with Gasteiger partial charge in [-0.3, -0.25) is 14.0 Å². The molecule has 3 aromatic rings. The molecule has 0 aliphatic heterocycles. The van der Waals surface area contributed by atoms with Gasteiger partial charge in [-0.1, -0.05) is 41.9 Å². The number of benzene rings is 1. The van der Waals surface area contributed by atoms with Gasteiger partial charge in [-0.25, -0.2) is 0 Å². The van der Waals surface area contributed by atoms with E-state index in [9.17, 15) is 14.7 Å². The number of ether oxygens (including phenoxy) is 1. The van der Waals surface area contributed by atoms with Crippen molar-refractivity contribution in [3.63, 3.8) is 0 Å². The Morgan fingerprint density at radius 3 is 2.68 bits per heavy atom. The molecule has 0 bridgehead atoms. The van der Waals surface area contributed by atoms with Crippen molar-refractivity contribution in [2.45, 2.75) is 12.3 Å². The van der Waals surface area contributed by atoms with Crippen LogP contribution < -0.4 is 5.56 Å². The molecule has 0 aliphatic carbocycles. The fourth-order valence-corrected chi connectivity index (χ4v) is 2.90. The van der Waals surface area contributed by atoms with Crippen LogP contribution in [0.15, 0.2) is 53.5 Å². The third-order valence-electron chi connectivity index (χ3n) is 3.95. The van der Waals surface area contributed by atoms with E-state index in [0.717, 1.165) is 0 Å². The maximum Gasteiger partial charge on any atom is 0.306 e. The van der Waals surface area contributed by atoms with E-state index in [0.29, 0.717) is 10.6 Å². The van der Waals surface area contributed by atoms with Crippen molar-refractivity contribution in [3.8, 4) is 5.88 Å². The number of fused-ring (bicyclic) bond motifs is 1. The number of rotatable bonds is 4. The summed E-state index contributed by atoms with van der Waals surface area (Å²) in [5.74, 6) is -1.60. The van der Waals surface area contributed by atoms with Gasteiger partial charge < -0.3 is 9.84 Å². The predicted octanol–water partition coefficient (Wildman–Crippen LogP) is 2.75. The Morgan fingerprint density at radius 1 is 1.28 bits per heavy atom. The number of halogens is 1. The maximum atomic E-state index is 12.9. The van der Waals surface area contributed by atoms with Crippen molar-refractivity contribution < 1.29 is 14.6 Å². The summed E-state index contributed by atoms with van der Waals surface area (Å²) in [4.78, 5) is 28.9. The van der Waals surface area contributed by atoms with E-state index in [1.807, 2.05) is 6.07 Å². The first kappa shape index (κ1) is 17.0. The molecule has 0 unspecified atom stereocenters. The Balaban J connectivity index is 2.25. The Labute approximate surface area is 148 Å². The molecule has 2 aromatic heterocycles. The molecule has 0 spiro atoms. The van der Waals surface area contributed by atoms with Crippen LogP contribution in [0.5, 0.6) is 5.88 Å². The minimum atomic E-state index is -0.690. The lowest BCUT2D eigenvalue weighted by atomic mass is 9.89. The molecule has 1 N–H and O–H groups in total. The van der Waals surface area contributed by atoms with Gasteiger partial charge in [0.05, 0.1) is 24.1 Å². The number of carbonyl (C=O) groups excluding carboxylic acids is 1. The Kier molecular flexibility index (Phi) is 4.72. The number of aromatic nitrogens is 2. The molecule has 6 nitrogen and oxygen atoms in total. The summed E-state index contributed by atoms with van der Waals surface area (Å²) in [6.07, 6.45) is 1.33. The summed E-state index contributed by atoms with van der Waals surface area (Å²) in [7, 11) is 1.27. The highest BCUT2D eigenvalue weighted by molar-refractivity contribution is 6.30. The minimum absolute atomic E-state index is 0.0244. The molecule has 1 atom stereocenters. The first-order valence-electron chi connectivity index (χ1n) is 7.54. The van der Waals surface area contributed by atoms with Crippen molar-refractivity contribution in [2.75, 3.05) is 7.11 Å². The Morgan fingerprint density at radius 2 is 2.00 bits per heavy atom. The van der Waals surface area contributed by atoms with E-state index in [1.165, 1.54) is 23.8 Å². The van der Waals surface area contributed by atoms with Gasteiger partial charge in [-0.05, 0) is 17.7 Å². The number of carbonyl (C=O) groups is 1. The van der Waals surface area contributed by atoms with Crippen LogP contribution >= 0.6 is 11.6 Å². The van der Waals surface area contributed by atoms with Crippen LogP contribution in [0.2, 0.25) is 5.02 Å². The van der Waals surface area contributed by atoms with E-state index in [2.05, 4.69) is 4.98 Å². The molecule has 0 saturated carbocycles. The maximum absolute atomic E-state index is 12.9. The molecule has 0 radical (unpaired) electrons. The normalized spacial score (nSPS) is 12.1. The summed E-state index contributed by atoms with van der Waals surface area (Å²) < 4.78 is 5.99. The van der Waals surface area contributed by atoms with Gasteiger partial charge >= 0.3 is 5.97 Å². The number of esters is 1. The monoisotopic (exact) mass is 358 g/mol. The smallest absolute Gasteiger partial charge is 0.306 e. The highest BCUT2D eigenvalue weighted by atomic mass is 35.5. The second kappa shape index (κ2) is 6.94. The van der Waals surface area contributed by atoms with Crippen molar-refractivity contribution in [2.24, 2.45) is 0 Å². The van der Waals surface area contributed by atoms with Gasteiger partial charge in [-0.2, -0.15) is 4.98 Å². The minimum Gasteiger partial charge on any atom is -0.493 e. The van der Waals surface area contributed by atoms with Crippen LogP contribution in [-0.2, 0) is 9.53 Å². The van der Waals surface area contributed by atoms with Crippen LogP contribution in [0.3, 0.4) is 0 Å². The predicted molar refractivity (Wildman–Crippen MR) is 93.1 cm³/mol. The molecule has 1 aromatic carbocycles. The van der Waals surface area contributed by atoms with Gasteiger partial charge in [-0.15, -0.1) is 0 Å². The first-order valence-corrected chi connectivity index (χ1v) is 7.91. The fraction of sp³-hybridized carbons (Fsp3) is 0.167. The quantitative estimate of drug-likeness (QED) is 0.725. The van der Waals surface area contributed by atoms with Crippen LogP contribution in [0.1, 0.15) is 23.5 Å². The third-order valence-corrected chi connectivity index (χ3v) is 4.17. The molecule has 25 heavy (non-hydrogen) atoms. The summed E-state index contributed by atoms with van der Waals surface area (Å²) in [5, 5.41) is 10.7. The zero-order valence-electron chi connectivity index (χ0n) is 13.3. The second-order valence-corrected chi connectivity index (χ2v) is 5.91. The zero-order chi connectivity index (χ0) is 18.0. The van der Waals surface area contributed by atoms with Gasteiger partial charge in [0, 0.05) is 12.1 Å². The summed E-state index contributed by atoms with van der Waals surface area (Å²) >= 11 is 5.96. The van der Waals surface area contributed by atoms with Crippen molar-refractivity contribution in [3.05, 3.63) is 75.2 Å². The number of hydrogen-bond donors (Lipinski definition) is 1. The molecule has 0 fully saturated rings. The fourth-order valence-electron chi connectivity index (χ4n) is 2.74. The first-order chi connectivity index (χ1) is 12.0. The number of hydrogen-bond acceptors (Lipinski definition) is 5. The Hall–Kier alpha value is -2.86. The lowest BCUT2D eigenvalue weighted by molar-refractivity contribution is -0.140. The highest BCUT2D eigenvalue weighted by Crippen LogP contribution is 2.31. The molecular formula is C18H15ClN2O4. The van der Waals surface area contributed by atoms with Crippen molar-refractivity contribution in [1.82, 2.24) is 9.38 Å². The summed E-state index contributed by atoms with van der Waals surface area (Å²) in [5.41, 5.74) is 0.503. The second-order valence-electron chi connectivity index (χ2n) is 5.47. The van der Waals surface area contributed by atoms with Crippen LogP contribution in [0, 0.1) is 0 Å². The topological polar surface area (TPSA) is 80.9 Å². The number of methoxy groups -OCH3 is 1. The third kappa shape index (κ3) is 3.34. The summed E-state index contributed by atoms with van der Waals surface area (Å²) in [6, 6.07) is 12.1. The molecule has 2 heterocycles. The molecule has 3 rings (SSSR count).